The topological polar surface area (TPSA) is 46.2 Å². The van der Waals surface area contributed by atoms with E-state index in [2.05, 4.69) is 0 Å². The molecule has 0 heterocycles. The van der Waals surface area contributed by atoms with E-state index in [-0.39, 0.29) is 20.0 Å². The summed E-state index contributed by atoms with van der Waals surface area (Å²) in [5.74, 6) is 0. The molecule has 0 unspecified atom stereocenters. The number of hydrogen-bond acceptors (Lipinski definition) is 2. The lowest BCUT2D eigenvalue weighted by Gasteiger charge is -2.15. The molecule has 0 aromatic heterocycles. The van der Waals surface area contributed by atoms with Crippen molar-refractivity contribution >= 4 is 50.5 Å². The molecule has 2 aromatic carbocycles. The van der Waals surface area contributed by atoms with E-state index >= 15 is 0 Å². The molecular formula is C13H7Cl3F3NO2S. The highest BCUT2D eigenvalue weighted by atomic mass is 35.5. The smallest absolute Gasteiger partial charge is 0.279 e. The summed E-state index contributed by atoms with van der Waals surface area (Å²) in [6.45, 7) is 0. The van der Waals surface area contributed by atoms with E-state index in [0.29, 0.717) is 6.07 Å². The second-order valence-corrected chi connectivity index (χ2v) is 7.39. The van der Waals surface area contributed by atoms with Gasteiger partial charge in [0.25, 0.3) is 10.0 Å². The van der Waals surface area contributed by atoms with Crippen LogP contribution in [0.1, 0.15) is 5.56 Å². The van der Waals surface area contributed by atoms with Gasteiger partial charge in [0.1, 0.15) is 0 Å². The third-order valence-corrected chi connectivity index (χ3v) is 4.69. The largest absolute Gasteiger partial charge is 0.418 e. The third kappa shape index (κ3) is 4.44. The summed E-state index contributed by atoms with van der Waals surface area (Å²) in [4.78, 5) is -0.363. The Kier molecular flexibility index (Phi) is 5.06. The van der Waals surface area contributed by atoms with Gasteiger partial charge in [-0.2, -0.15) is 13.2 Å². The van der Waals surface area contributed by atoms with Crippen LogP contribution in [0.5, 0.6) is 0 Å². The average Bonchev–Trinajstić information content (AvgIpc) is 2.38. The average molecular weight is 405 g/mol. The Morgan fingerprint density at radius 3 is 1.96 bits per heavy atom. The first-order chi connectivity index (χ1) is 10.5. The number of sulfonamides is 1. The maximum Gasteiger partial charge on any atom is 0.418 e. The minimum absolute atomic E-state index is 0.0324. The molecule has 124 valence electrons. The van der Waals surface area contributed by atoms with Crippen molar-refractivity contribution in [1.82, 2.24) is 0 Å². The van der Waals surface area contributed by atoms with Crippen LogP contribution in [0.4, 0.5) is 18.9 Å². The van der Waals surface area contributed by atoms with Crippen molar-refractivity contribution in [3.63, 3.8) is 0 Å². The van der Waals surface area contributed by atoms with Gasteiger partial charge >= 0.3 is 6.18 Å². The zero-order chi connectivity index (χ0) is 17.4. The summed E-state index contributed by atoms with van der Waals surface area (Å²) in [5, 5.41) is -0.110. The molecule has 0 spiro atoms. The lowest BCUT2D eigenvalue weighted by Crippen LogP contribution is -2.17. The molecule has 0 saturated heterocycles. The molecule has 23 heavy (non-hydrogen) atoms. The Morgan fingerprint density at radius 2 is 1.43 bits per heavy atom. The Hall–Kier alpha value is -1.15. The maximum atomic E-state index is 13.0. The summed E-state index contributed by atoms with van der Waals surface area (Å²) in [7, 11) is -4.32. The molecule has 0 fully saturated rings. The second-order valence-electron chi connectivity index (χ2n) is 4.40. The summed E-state index contributed by atoms with van der Waals surface area (Å²) >= 11 is 17.0. The van der Waals surface area contributed by atoms with Crippen LogP contribution in [0.3, 0.4) is 0 Å². The van der Waals surface area contributed by atoms with Crippen LogP contribution in [0.25, 0.3) is 0 Å². The fourth-order valence-electron chi connectivity index (χ4n) is 1.73. The highest BCUT2D eigenvalue weighted by Crippen LogP contribution is 2.37. The van der Waals surface area contributed by atoms with Crippen molar-refractivity contribution in [2.45, 2.75) is 11.1 Å². The zero-order valence-corrected chi connectivity index (χ0v) is 14.0. The fourth-order valence-corrected chi connectivity index (χ4v) is 3.70. The van der Waals surface area contributed by atoms with Crippen molar-refractivity contribution < 1.29 is 21.6 Å². The molecule has 2 aromatic rings. The first-order valence-electron chi connectivity index (χ1n) is 5.85. The summed E-state index contributed by atoms with van der Waals surface area (Å²) < 4.78 is 65.3. The number of alkyl halides is 3. The molecule has 0 aliphatic heterocycles. The Balaban J connectivity index is 2.50. The standard InChI is InChI=1S/C13H7Cl3F3NO2S/c14-7-1-2-12(11(6-7)13(17,18)19)20-23(21,22)10-4-8(15)3-9(16)5-10/h1-6,20H. The predicted octanol–water partition coefficient (Wildman–Crippen LogP) is 5.47. The molecule has 10 heteroatoms. The van der Waals surface area contributed by atoms with Crippen molar-refractivity contribution in [2.24, 2.45) is 0 Å². The minimum Gasteiger partial charge on any atom is -0.279 e. The number of benzene rings is 2. The van der Waals surface area contributed by atoms with Gasteiger partial charge in [-0.1, -0.05) is 34.8 Å². The molecule has 0 saturated carbocycles. The molecule has 0 atom stereocenters. The zero-order valence-electron chi connectivity index (χ0n) is 11.0. The SMILES string of the molecule is O=S(=O)(Nc1ccc(Cl)cc1C(F)(F)F)c1cc(Cl)cc(Cl)c1. The highest BCUT2D eigenvalue weighted by Gasteiger charge is 2.35. The lowest BCUT2D eigenvalue weighted by atomic mass is 10.2. The molecule has 3 nitrogen and oxygen atoms in total. The van der Waals surface area contributed by atoms with Crippen molar-refractivity contribution in [1.29, 1.82) is 0 Å². The monoisotopic (exact) mass is 403 g/mol. The van der Waals surface area contributed by atoms with Gasteiger partial charge in [-0.15, -0.1) is 0 Å². The van der Waals surface area contributed by atoms with Crippen LogP contribution in [0.2, 0.25) is 15.1 Å². The van der Waals surface area contributed by atoms with Gasteiger partial charge in [0, 0.05) is 15.1 Å². The molecule has 0 aliphatic rings. The van der Waals surface area contributed by atoms with Gasteiger partial charge in [-0.25, -0.2) is 8.42 Å². The second kappa shape index (κ2) is 6.39. The Morgan fingerprint density at radius 1 is 0.870 bits per heavy atom. The Bertz CT molecular complexity index is 834. The molecule has 0 bridgehead atoms. The molecule has 0 amide bonds. The Labute approximate surface area is 145 Å². The van der Waals surface area contributed by atoms with E-state index in [0.717, 1.165) is 24.3 Å². The molecule has 0 aliphatic carbocycles. The quantitative estimate of drug-likeness (QED) is 0.738. The molecule has 2 rings (SSSR count). The van der Waals surface area contributed by atoms with E-state index < -0.39 is 27.5 Å². The van der Waals surface area contributed by atoms with Gasteiger partial charge in [0.15, 0.2) is 0 Å². The van der Waals surface area contributed by atoms with Crippen LogP contribution in [-0.4, -0.2) is 8.42 Å². The number of nitrogens with one attached hydrogen (secondary N) is 1. The summed E-state index contributed by atoms with van der Waals surface area (Å²) in [5.41, 5.74) is -1.86. The van der Waals surface area contributed by atoms with Crippen LogP contribution >= 0.6 is 34.8 Å². The fraction of sp³-hybridized carbons (Fsp3) is 0.0769. The van der Waals surface area contributed by atoms with E-state index in [1.54, 1.807) is 0 Å². The van der Waals surface area contributed by atoms with Crippen LogP contribution < -0.4 is 4.72 Å². The molecular weight excluding hydrogens is 398 g/mol. The third-order valence-electron chi connectivity index (χ3n) is 2.68. The predicted molar refractivity (Wildman–Crippen MR) is 83.7 cm³/mol. The van der Waals surface area contributed by atoms with E-state index in [9.17, 15) is 21.6 Å². The molecule has 0 radical (unpaired) electrons. The minimum atomic E-state index is -4.78. The van der Waals surface area contributed by atoms with Crippen LogP contribution in [0.15, 0.2) is 41.3 Å². The summed E-state index contributed by atoms with van der Waals surface area (Å²) in [6, 6.07) is 6.13. The van der Waals surface area contributed by atoms with Gasteiger partial charge in [0.2, 0.25) is 0 Å². The van der Waals surface area contributed by atoms with Crippen molar-refractivity contribution in [2.75, 3.05) is 4.72 Å². The first kappa shape index (κ1) is 18.2. The van der Waals surface area contributed by atoms with Crippen LogP contribution in [-0.2, 0) is 16.2 Å². The van der Waals surface area contributed by atoms with Gasteiger partial charge < -0.3 is 0 Å². The number of hydrogen-bond donors (Lipinski definition) is 1. The van der Waals surface area contributed by atoms with Crippen molar-refractivity contribution in [3.05, 3.63) is 57.0 Å². The van der Waals surface area contributed by atoms with E-state index in [1.165, 1.54) is 6.07 Å². The molecule has 1 N–H and O–H groups in total. The maximum absolute atomic E-state index is 13.0. The van der Waals surface area contributed by atoms with E-state index in [1.807, 2.05) is 4.72 Å². The van der Waals surface area contributed by atoms with Crippen LogP contribution in [0, 0.1) is 0 Å². The highest BCUT2D eigenvalue weighted by molar-refractivity contribution is 7.92. The lowest BCUT2D eigenvalue weighted by molar-refractivity contribution is -0.136. The number of halogens is 6. The summed E-state index contributed by atoms with van der Waals surface area (Å²) in [6.07, 6.45) is -4.78. The first-order valence-corrected chi connectivity index (χ1v) is 8.46. The van der Waals surface area contributed by atoms with Gasteiger partial charge in [-0.3, -0.25) is 4.72 Å². The normalized spacial score (nSPS) is 12.3. The number of anilines is 1. The van der Waals surface area contributed by atoms with Gasteiger partial charge in [-0.05, 0) is 36.4 Å². The number of rotatable bonds is 3. The van der Waals surface area contributed by atoms with Gasteiger partial charge in [0.05, 0.1) is 16.1 Å². The van der Waals surface area contributed by atoms with Crippen molar-refractivity contribution in [3.8, 4) is 0 Å². The van der Waals surface area contributed by atoms with E-state index in [4.69, 9.17) is 34.8 Å².